The van der Waals surface area contributed by atoms with E-state index in [0.29, 0.717) is 28.4 Å². The van der Waals surface area contributed by atoms with Crippen molar-refractivity contribution in [1.29, 1.82) is 0 Å². The van der Waals surface area contributed by atoms with Crippen LogP contribution in [0.1, 0.15) is 21.5 Å². The van der Waals surface area contributed by atoms with Gasteiger partial charge in [0.2, 0.25) is 0 Å². The number of hydrogen-bond donors (Lipinski definition) is 3. The Balaban J connectivity index is 1.83. The predicted octanol–water partition coefficient (Wildman–Crippen LogP) is 5.45. The van der Waals surface area contributed by atoms with Gasteiger partial charge in [0.1, 0.15) is 5.75 Å². The first-order chi connectivity index (χ1) is 14.4. The van der Waals surface area contributed by atoms with Crippen LogP contribution in [-0.2, 0) is 0 Å². The molecule has 0 aliphatic heterocycles. The van der Waals surface area contributed by atoms with Gasteiger partial charge < -0.3 is 15.4 Å². The number of anilines is 3. The molecule has 0 radical (unpaired) electrons. The number of methoxy groups -OCH3 is 1. The summed E-state index contributed by atoms with van der Waals surface area (Å²) in [5.41, 5.74) is 4.13. The molecule has 6 nitrogen and oxygen atoms in total. The smallest absolute Gasteiger partial charge is 0.336 e. The molecule has 0 heterocycles. The monoisotopic (exact) mass is 421 g/mol. The van der Waals surface area contributed by atoms with Crippen molar-refractivity contribution in [2.24, 2.45) is 0 Å². The third-order valence-corrected chi connectivity index (χ3v) is 4.76. The van der Waals surface area contributed by atoms with Gasteiger partial charge >= 0.3 is 6.03 Å². The summed E-state index contributed by atoms with van der Waals surface area (Å²) < 4.78 is 6.48. The Morgan fingerprint density at radius 1 is 0.867 bits per heavy atom. The fraction of sp³-hybridized carbons (Fsp3) is 0.130. The molecule has 30 heavy (non-hydrogen) atoms. The quantitative estimate of drug-likeness (QED) is 0.480. The van der Waals surface area contributed by atoms with E-state index in [1.165, 1.54) is 7.11 Å². The SMILES string of the molecule is COc1ccc(C(=O)Nc2ccccc2)cc1N(S)C(=O)Nc1cc(C)cc(C)c1. The number of ether oxygens (including phenoxy) is 1. The van der Waals surface area contributed by atoms with Gasteiger partial charge in [0.25, 0.3) is 5.91 Å². The van der Waals surface area contributed by atoms with E-state index in [4.69, 9.17) is 4.74 Å². The molecular weight excluding hydrogens is 398 g/mol. The van der Waals surface area contributed by atoms with Gasteiger partial charge in [-0.05, 0) is 67.4 Å². The summed E-state index contributed by atoms with van der Waals surface area (Å²) in [5, 5.41) is 5.64. The molecular formula is C23H23N3O3S. The Morgan fingerprint density at radius 2 is 1.53 bits per heavy atom. The van der Waals surface area contributed by atoms with Crippen LogP contribution < -0.4 is 19.7 Å². The van der Waals surface area contributed by atoms with E-state index >= 15 is 0 Å². The van der Waals surface area contributed by atoms with Crippen molar-refractivity contribution in [1.82, 2.24) is 0 Å². The summed E-state index contributed by atoms with van der Waals surface area (Å²) >= 11 is 4.34. The molecule has 3 amide bonds. The topological polar surface area (TPSA) is 70.7 Å². The number of urea groups is 1. The number of para-hydroxylation sites is 1. The van der Waals surface area contributed by atoms with Crippen molar-refractivity contribution < 1.29 is 14.3 Å². The van der Waals surface area contributed by atoms with Crippen LogP contribution in [-0.4, -0.2) is 19.0 Å². The van der Waals surface area contributed by atoms with Gasteiger partial charge in [-0.1, -0.05) is 37.1 Å². The number of aryl methyl sites for hydroxylation is 2. The van der Waals surface area contributed by atoms with E-state index in [0.717, 1.165) is 15.4 Å². The van der Waals surface area contributed by atoms with Gasteiger partial charge in [-0.2, -0.15) is 0 Å². The molecule has 3 aromatic carbocycles. The highest BCUT2D eigenvalue weighted by molar-refractivity contribution is 7.82. The van der Waals surface area contributed by atoms with Gasteiger partial charge in [0.15, 0.2) is 0 Å². The van der Waals surface area contributed by atoms with Crippen LogP contribution in [0.3, 0.4) is 0 Å². The van der Waals surface area contributed by atoms with E-state index < -0.39 is 6.03 Å². The van der Waals surface area contributed by atoms with Crippen LogP contribution in [0.25, 0.3) is 0 Å². The fourth-order valence-electron chi connectivity index (χ4n) is 3.05. The van der Waals surface area contributed by atoms with E-state index in [9.17, 15) is 9.59 Å². The third-order valence-electron chi connectivity index (χ3n) is 4.37. The second-order valence-corrected chi connectivity index (χ2v) is 7.23. The van der Waals surface area contributed by atoms with Gasteiger partial charge in [0, 0.05) is 16.9 Å². The minimum Gasteiger partial charge on any atom is -0.495 e. The number of nitrogens with one attached hydrogen (secondary N) is 2. The van der Waals surface area contributed by atoms with Crippen molar-refractivity contribution >= 4 is 41.8 Å². The van der Waals surface area contributed by atoms with Crippen LogP contribution in [0.2, 0.25) is 0 Å². The van der Waals surface area contributed by atoms with E-state index in [2.05, 4.69) is 23.4 Å². The molecule has 7 heteroatoms. The summed E-state index contributed by atoms with van der Waals surface area (Å²) in [6.07, 6.45) is 0. The van der Waals surface area contributed by atoms with Crippen molar-refractivity contribution in [3.8, 4) is 5.75 Å². The molecule has 0 aromatic heterocycles. The molecule has 154 valence electrons. The van der Waals surface area contributed by atoms with E-state index in [-0.39, 0.29) is 5.91 Å². The fourth-order valence-corrected chi connectivity index (χ4v) is 3.26. The van der Waals surface area contributed by atoms with Crippen LogP contribution in [0.4, 0.5) is 21.9 Å². The normalized spacial score (nSPS) is 10.3. The molecule has 0 atom stereocenters. The molecule has 2 N–H and O–H groups in total. The van der Waals surface area contributed by atoms with E-state index in [1.54, 1.807) is 30.3 Å². The van der Waals surface area contributed by atoms with Gasteiger partial charge in [0.05, 0.1) is 12.8 Å². The molecule has 0 bridgehead atoms. The lowest BCUT2D eigenvalue weighted by atomic mass is 10.1. The Hall–Kier alpha value is -3.45. The number of amides is 3. The standard InChI is InChI=1S/C23H23N3O3S/c1-15-11-16(2)13-19(12-15)25-23(28)26(30)20-14-17(9-10-21(20)29-3)22(27)24-18-7-5-4-6-8-18/h4-14,30H,1-3H3,(H,24,27)(H,25,28). The second-order valence-electron chi connectivity index (χ2n) is 6.83. The van der Waals surface area contributed by atoms with Crippen LogP contribution in [0, 0.1) is 13.8 Å². The van der Waals surface area contributed by atoms with Crippen molar-refractivity contribution in [3.05, 3.63) is 83.4 Å². The first-order valence-electron chi connectivity index (χ1n) is 9.30. The number of hydrogen-bond acceptors (Lipinski definition) is 4. The highest BCUT2D eigenvalue weighted by atomic mass is 32.1. The maximum atomic E-state index is 12.8. The highest BCUT2D eigenvalue weighted by Gasteiger charge is 2.19. The number of carbonyl (C=O) groups excluding carboxylic acids is 2. The van der Waals surface area contributed by atoms with Crippen LogP contribution in [0.5, 0.6) is 5.75 Å². The zero-order valence-electron chi connectivity index (χ0n) is 17.0. The molecule has 0 saturated carbocycles. The Kier molecular flexibility index (Phi) is 6.64. The minimum absolute atomic E-state index is 0.304. The first-order valence-corrected chi connectivity index (χ1v) is 9.70. The number of rotatable bonds is 5. The summed E-state index contributed by atoms with van der Waals surface area (Å²) in [4.78, 5) is 25.4. The summed E-state index contributed by atoms with van der Waals surface area (Å²) in [5.74, 6) is 0.110. The molecule has 3 aromatic rings. The lowest BCUT2D eigenvalue weighted by Gasteiger charge is -2.20. The Morgan fingerprint density at radius 3 is 2.17 bits per heavy atom. The zero-order valence-corrected chi connectivity index (χ0v) is 17.9. The highest BCUT2D eigenvalue weighted by Crippen LogP contribution is 2.31. The maximum absolute atomic E-state index is 12.8. The minimum atomic E-state index is -0.470. The van der Waals surface area contributed by atoms with Gasteiger partial charge in [-0.3, -0.25) is 4.79 Å². The Labute approximate surface area is 181 Å². The van der Waals surface area contributed by atoms with E-state index in [1.807, 2.05) is 50.2 Å². The molecule has 0 unspecified atom stereocenters. The lowest BCUT2D eigenvalue weighted by molar-refractivity contribution is 0.102. The average molecular weight is 422 g/mol. The summed E-state index contributed by atoms with van der Waals surface area (Å²) in [6, 6.07) is 19.2. The number of carbonyl (C=O) groups is 2. The van der Waals surface area contributed by atoms with Gasteiger partial charge in [-0.15, -0.1) is 0 Å². The first kappa shape index (κ1) is 21.3. The van der Waals surface area contributed by atoms with Crippen molar-refractivity contribution in [2.45, 2.75) is 13.8 Å². The largest absolute Gasteiger partial charge is 0.495 e. The number of benzene rings is 3. The zero-order chi connectivity index (χ0) is 21.7. The van der Waals surface area contributed by atoms with Crippen molar-refractivity contribution in [2.75, 3.05) is 22.0 Å². The average Bonchev–Trinajstić information content (AvgIpc) is 2.72. The number of thiol groups is 1. The second kappa shape index (κ2) is 9.37. The van der Waals surface area contributed by atoms with Crippen LogP contribution >= 0.6 is 12.8 Å². The molecule has 0 saturated heterocycles. The third kappa shape index (κ3) is 5.12. The van der Waals surface area contributed by atoms with Crippen molar-refractivity contribution in [3.63, 3.8) is 0 Å². The number of nitrogens with zero attached hydrogens (tertiary/aromatic N) is 1. The molecule has 0 aliphatic carbocycles. The van der Waals surface area contributed by atoms with Gasteiger partial charge in [-0.25, -0.2) is 9.10 Å². The molecule has 0 aliphatic rings. The van der Waals surface area contributed by atoms with Crippen LogP contribution in [0.15, 0.2) is 66.7 Å². The molecule has 0 spiro atoms. The molecule has 3 rings (SSSR count). The maximum Gasteiger partial charge on any atom is 0.336 e. The lowest BCUT2D eigenvalue weighted by Crippen LogP contribution is -2.27. The summed E-state index contributed by atoms with van der Waals surface area (Å²) in [6.45, 7) is 3.91. The predicted molar refractivity (Wildman–Crippen MR) is 124 cm³/mol. The Bertz CT molecular complexity index is 1050. The molecule has 0 fully saturated rings. The summed E-state index contributed by atoms with van der Waals surface area (Å²) in [7, 11) is 1.49.